The number of amides is 3. The topological polar surface area (TPSA) is 270 Å². The summed E-state index contributed by atoms with van der Waals surface area (Å²) in [6.07, 6.45) is 5.05. The molecule has 0 aliphatic carbocycles. The SMILES string of the molecule is C=C1C=C(NC(=O)c2nc3ccccc3nc2Oc2ccc(F)cc2)C=CN1.COc1cc(F)ccc1Oc1nc2ccccc2nc1C(=O)Nc1cccc(C(C)=O)c1.COc1cc(F)ccc1Oc1nc2ccccc2nc1C(=O)Nc1nc(C(C)=O)cs1. The number of hydrogen-bond acceptors (Lipinski definition) is 19. The zero-order valence-electron chi connectivity index (χ0n) is 48.3. The number of Topliss-reactive ketones (excluding diaryl/α,β-unsaturated/α-hetero) is 2. The van der Waals surface area contributed by atoms with Crippen LogP contribution in [0, 0.1) is 17.5 Å². The normalized spacial score (nSPS) is 11.4. The van der Waals surface area contributed by atoms with Gasteiger partial charge in [0, 0.05) is 53.3 Å². The molecule has 1 aliphatic rings. The summed E-state index contributed by atoms with van der Waals surface area (Å²) in [5.74, 6) is -2.62. The molecule has 5 heterocycles. The Hall–Kier alpha value is -12.3. The van der Waals surface area contributed by atoms with E-state index in [0.717, 1.165) is 23.5 Å². The van der Waals surface area contributed by atoms with Crippen molar-refractivity contribution in [3.8, 4) is 46.4 Å². The third kappa shape index (κ3) is 15.5. The van der Waals surface area contributed by atoms with Crippen molar-refractivity contribution in [2.24, 2.45) is 0 Å². The second-order valence-corrected chi connectivity index (χ2v) is 20.0. The molecule has 1 aliphatic heterocycles. The average molecular weight is 1240 g/mol. The third-order valence-electron chi connectivity index (χ3n) is 12.7. The number of methoxy groups -OCH3 is 2. The maximum absolute atomic E-state index is 13.6. The van der Waals surface area contributed by atoms with Crippen molar-refractivity contribution >= 4 is 84.5 Å². The molecule has 0 fully saturated rings. The van der Waals surface area contributed by atoms with Crippen LogP contribution < -0.4 is 45.0 Å². The van der Waals surface area contributed by atoms with Crippen LogP contribution in [0.25, 0.3) is 33.1 Å². The van der Waals surface area contributed by atoms with Crippen LogP contribution in [0.4, 0.5) is 24.0 Å². The Kier molecular flexibility index (Phi) is 19.1. The number of ether oxygens (including phenoxy) is 5. The van der Waals surface area contributed by atoms with Gasteiger partial charge >= 0.3 is 0 Å². The number of benzene rings is 7. The summed E-state index contributed by atoms with van der Waals surface area (Å²) in [5.41, 5.74) is 5.27. The molecule has 91 heavy (non-hydrogen) atoms. The van der Waals surface area contributed by atoms with Crippen LogP contribution in [0.15, 0.2) is 199 Å². The van der Waals surface area contributed by atoms with Crippen LogP contribution >= 0.6 is 11.3 Å². The molecule has 12 rings (SSSR count). The molecule has 0 saturated heterocycles. The molecular formula is C66H48F3N11O10S. The van der Waals surface area contributed by atoms with Gasteiger partial charge in [0.25, 0.3) is 35.4 Å². The second-order valence-electron chi connectivity index (χ2n) is 19.1. The number of anilines is 2. The number of aromatic nitrogens is 7. The lowest BCUT2D eigenvalue weighted by atomic mass is 10.1. The minimum Gasteiger partial charge on any atom is -0.493 e. The zero-order chi connectivity index (χ0) is 64.1. The van der Waals surface area contributed by atoms with Crippen molar-refractivity contribution < 1.29 is 60.8 Å². The summed E-state index contributed by atoms with van der Waals surface area (Å²) in [7, 11) is 2.75. The van der Waals surface area contributed by atoms with E-state index in [9.17, 15) is 37.1 Å². The van der Waals surface area contributed by atoms with Gasteiger partial charge in [-0.2, -0.15) is 0 Å². The minimum atomic E-state index is -0.626. The van der Waals surface area contributed by atoms with Crippen molar-refractivity contribution in [3.63, 3.8) is 0 Å². The van der Waals surface area contributed by atoms with Gasteiger partial charge in [0.05, 0.1) is 47.3 Å². The predicted molar refractivity (Wildman–Crippen MR) is 333 cm³/mol. The van der Waals surface area contributed by atoms with Gasteiger partial charge in [-0.3, -0.25) is 29.3 Å². The molecule has 0 bridgehead atoms. The van der Waals surface area contributed by atoms with Crippen LogP contribution in [-0.4, -0.2) is 78.4 Å². The first-order valence-corrected chi connectivity index (χ1v) is 28.0. The lowest BCUT2D eigenvalue weighted by Gasteiger charge is -2.14. The van der Waals surface area contributed by atoms with Gasteiger partial charge in [-0.1, -0.05) is 55.1 Å². The van der Waals surface area contributed by atoms with Gasteiger partial charge < -0.3 is 39.6 Å². The summed E-state index contributed by atoms with van der Waals surface area (Å²) in [5, 5.41) is 12.8. The Morgan fingerprint density at radius 1 is 0.484 bits per heavy atom. The van der Waals surface area contributed by atoms with Crippen LogP contribution in [0.3, 0.4) is 0 Å². The molecule has 0 atom stereocenters. The first kappa shape index (κ1) is 61.8. The van der Waals surface area contributed by atoms with Crippen molar-refractivity contribution in [1.29, 1.82) is 0 Å². The molecule has 25 heteroatoms. The lowest BCUT2D eigenvalue weighted by Crippen LogP contribution is -2.26. The Bertz CT molecular complexity index is 4720. The molecule has 0 spiro atoms. The fourth-order valence-electron chi connectivity index (χ4n) is 8.32. The Morgan fingerprint density at radius 3 is 1.41 bits per heavy atom. The maximum atomic E-state index is 13.6. The van der Waals surface area contributed by atoms with E-state index in [1.165, 1.54) is 76.6 Å². The highest BCUT2D eigenvalue weighted by Gasteiger charge is 2.25. The van der Waals surface area contributed by atoms with Crippen molar-refractivity contribution in [2.75, 3.05) is 24.9 Å². The number of carbonyl (C=O) groups is 5. The largest absolute Gasteiger partial charge is 0.493 e. The number of dihydropyridines is 1. The first-order valence-electron chi connectivity index (χ1n) is 27.1. The molecule has 11 aromatic rings. The van der Waals surface area contributed by atoms with Gasteiger partial charge in [-0.05, 0) is 116 Å². The Morgan fingerprint density at radius 2 is 0.945 bits per heavy atom. The van der Waals surface area contributed by atoms with Crippen molar-refractivity contribution in [1.82, 2.24) is 45.5 Å². The molecule has 7 aromatic carbocycles. The molecule has 0 saturated carbocycles. The van der Waals surface area contributed by atoms with E-state index in [1.54, 1.807) is 115 Å². The van der Waals surface area contributed by atoms with Crippen molar-refractivity contribution in [3.05, 3.63) is 245 Å². The van der Waals surface area contributed by atoms with Crippen molar-refractivity contribution in [2.45, 2.75) is 13.8 Å². The fourth-order valence-corrected chi connectivity index (χ4v) is 9.07. The van der Waals surface area contributed by atoms with Gasteiger partial charge in [0.15, 0.2) is 56.8 Å². The Balaban J connectivity index is 0.000000150. The molecule has 454 valence electrons. The van der Waals surface area contributed by atoms with Gasteiger partial charge in [-0.15, -0.1) is 11.3 Å². The monoisotopic (exact) mass is 1240 g/mol. The number of carbonyl (C=O) groups excluding carboxylic acids is 5. The number of nitrogens with one attached hydrogen (secondary N) is 4. The molecule has 4 N–H and O–H groups in total. The van der Waals surface area contributed by atoms with E-state index in [1.807, 2.05) is 6.07 Å². The van der Waals surface area contributed by atoms with E-state index in [2.05, 4.69) is 62.7 Å². The number of ketones is 2. The smallest absolute Gasteiger partial charge is 0.281 e. The van der Waals surface area contributed by atoms with Crippen LogP contribution in [0.5, 0.6) is 46.4 Å². The molecular weight excluding hydrogens is 1200 g/mol. The second kappa shape index (κ2) is 28.1. The van der Waals surface area contributed by atoms with Crippen LogP contribution in [-0.2, 0) is 0 Å². The quantitative estimate of drug-likeness (QED) is 0.0655. The van der Waals surface area contributed by atoms with Crippen LogP contribution in [0.1, 0.15) is 66.2 Å². The van der Waals surface area contributed by atoms with Gasteiger partial charge in [-0.25, -0.2) is 48.1 Å². The van der Waals surface area contributed by atoms with E-state index < -0.39 is 29.4 Å². The first-order chi connectivity index (χ1) is 44.0. The average Bonchev–Trinajstić information content (AvgIpc) is 0.965. The van der Waals surface area contributed by atoms with E-state index in [-0.39, 0.29) is 85.9 Å². The molecule has 3 amide bonds. The molecule has 21 nitrogen and oxygen atoms in total. The molecule has 4 aromatic heterocycles. The number of nitrogens with zero attached hydrogens (tertiary/aromatic N) is 7. The lowest BCUT2D eigenvalue weighted by molar-refractivity contribution is 0.0956. The zero-order valence-corrected chi connectivity index (χ0v) is 49.1. The number of para-hydroxylation sites is 6. The summed E-state index contributed by atoms with van der Waals surface area (Å²) >= 11 is 1.11. The predicted octanol–water partition coefficient (Wildman–Crippen LogP) is 13.3. The fraction of sp³-hybridized carbons (Fsp3) is 0.0606. The van der Waals surface area contributed by atoms with Crippen LogP contribution in [0.2, 0.25) is 0 Å². The number of hydrogen-bond donors (Lipinski definition) is 4. The number of halogens is 3. The Labute approximate surface area is 519 Å². The van der Waals surface area contributed by atoms with E-state index in [0.29, 0.717) is 61.5 Å². The summed E-state index contributed by atoms with van der Waals surface area (Å²) in [4.78, 5) is 92.5. The molecule has 0 radical (unpaired) electrons. The summed E-state index contributed by atoms with van der Waals surface area (Å²) in [6.45, 7) is 6.62. The maximum Gasteiger partial charge on any atom is 0.281 e. The van der Waals surface area contributed by atoms with Gasteiger partial charge in [0.2, 0.25) is 0 Å². The molecule has 0 unspecified atom stereocenters. The number of allylic oxidation sites excluding steroid dienone is 2. The standard InChI is InChI=1S/C24H18FN3O4.C21H15FN4O4S.C21H15FN4O2/c1-14(29)15-6-5-7-17(12-15)26-23(30)22-24(28-19-9-4-3-8-18(19)27-22)32-20-11-10-16(25)13-21(20)31-2;1-11(27)15-10-31-21(25-15)26-19(28)18-20(24-14-6-4-3-5-13(14)23-18)30-16-8-7-12(22)9-17(16)29-2;1-13-12-15(10-11-23-13)24-20(27)19-21(28-16-8-6-14(22)7-9-16)26-18-5-3-2-4-17(18)25-19/h3-13H,1-2H3,(H,26,30);3-10H,1-2H3,(H,25,26,28);2-12,23H,1H2,(H,24,27). The summed E-state index contributed by atoms with van der Waals surface area (Å²) < 4.78 is 68.0. The highest BCUT2D eigenvalue weighted by atomic mass is 32.1. The minimum absolute atomic E-state index is 0.0152. The summed E-state index contributed by atoms with van der Waals surface area (Å²) in [6, 6.07) is 40.6. The highest BCUT2D eigenvalue weighted by Crippen LogP contribution is 2.36. The van der Waals surface area contributed by atoms with Gasteiger partial charge in [0.1, 0.15) is 28.9 Å². The number of thiazole rings is 1. The third-order valence-corrected chi connectivity index (χ3v) is 13.4. The van der Waals surface area contributed by atoms with E-state index >= 15 is 0 Å². The number of rotatable bonds is 16. The number of fused-ring (bicyclic) bond motifs is 3. The highest BCUT2D eigenvalue weighted by molar-refractivity contribution is 7.14. The van der Waals surface area contributed by atoms with E-state index in [4.69, 9.17) is 23.7 Å².